The van der Waals surface area contributed by atoms with Gasteiger partial charge in [0.05, 0.1) is 30.3 Å². The van der Waals surface area contributed by atoms with Gasteiger partial charge >= 0.3 is 0 Å². The van der Waals surface area contributed by atoms with Crippen molar-refractivity contribution in [2.45, 2.75) is 39.9 Å². The molecule has 2 unspecified atom stereocenters. The summed E-state index contributed by atoms with van der Waals surface area (Å²) in [5.74, 6) is 1.19. The number of benzene rings is 1. The summed E-state index contributed by atoms with van der Waals surface area (Å²) < 4.78 is 17.0. The van der Waals surface area contributed by atoms with Gasteiger partial charge in [-0.25, -0.2) is 0 Å². The molecule has 27 heavy (non-hydrogen) atoms. The lowest BCUT2D eigenvalue weighted by Crippen LogP contribution is -2.47. The van der Waals surface area contributed by atoms with Crippen LogP contribution in [0.5, 0.6) is 11.5 Å². The smallest absolute Gasteiger partial charge is 0.286 e. The van der Waals surface area contributed by atoms with E-state index in [0.717, 1.165) is 23.8 Å². The zero-order valence-electron chi connectivity index (χ0n) is 16.2. The van der Waals surface area contributed by atoms with Crippen LogP contribution in [0.15, 0.2) is 28.1 Å². The first kappa shape index (κ1) is 19.8. The van der Waals surface area contributed by atoms with Crippen molar-refractivity contribution in [1.82, 2.24) is 4.90 Å². The molecule has 1 aromatic carbocycles. The number of amidine groups is 1. The average molecular weight is 391 g/mol. The third-order valence-electron chi connectivity index (χ3n) is 4.16. The molecule has 0 aliphatic carbocycles. The largest absolute Gasteiger partial charge is 0.490 e. The van der Waals surface area contributed by atoms with E-state index in [-0.39, 0.29) is 18.1 Å². The van der Waals surface area contributed by atoms with Crippen molar-refractivity contribution >= 4 is 28.9 Å². The van der Waals surface area contributed by atoms with Crippen LogP contribution >= 0.6 is 11.8 Å². The Morgan fingerprint density at radius 1 is 1.19 bits per heavy atom. The number of hydrogen-bond donors (Lipinski definition) is 0. The van der Waals surface area contributed by atoms with E-state index in [1.165, 1.54) is 11.8 Å². The number of morpholine rings is 1. The van der Waals surface area contributed by atoms with Crippen LogP contribution in [0.25, 0.3) is 6.08 Å². The van der Waals surface area contributed by atoms with Crippen molar-refractivity contribution in [3.63, 3.8) is 0 Å². The third kappa shape index (κ3) is 4.84. The molecule has 1 amide bonds. The van der Waals surface area contributed by atoms with Gasteiger partial charge < -0.3 is 19.1 Å². The van der Waals surface area contributed by atoms with Crippen molar-refractivity contribution in [3.05, 3.63) is 28.7 Å². The second-order valence-corrected chi connectivity index (χ2v) is 7.55. The monoisotopic (exact) mass is 390 g/mol. The molecule has 2 aliphatic heterocycles. The van der Waals surface area contributed by atoms with Crippen LogP contribution in [-0.2, 0) is 9.53 Å². The van der Waals surface area contributed by atoms with E-state index in [2.05, 4.69) is 9.89 Å². The van der Waals surface area contributed by atoms with E-state index in [4.69, 9.17) is 14.2 Å². The van der Waals surface area contributed by atoms with Gasteiger partial charge in [-0.05, 0) is 63.2 Å². The number of aliphatic imine (C=N–C) groups is 1. The fourth-order valence-electron chi connectivity index (χ4n) is 3.18. The van der Waals surface area contributed by atoms with Crippen LogP contribution in [0.2, 0.25) is 0 Å². The van der Waals surface area contributed by atoms with Crippen LogP contribution in [0.4, 0.5) is 0 Å². The summed E-state index contributed by atoms with van der Waals surface area (Å²) in [7, 11) is 0. The zero-order valence-corrected chi connectivity index (χ0v) is 17.0. The van der Waals surface area contributed by atoms with Gasteiger partial charge in [0.1, 0.15) is 0 Å². The maximum Gasteiger partial charge on any atom is 0.286 e. The molecule has 0 bridgehead atoms. The fraction of sp³-hybridized carbons (Fsp3) is 0.500. The number of carbonyl (C=O) groups excluding carboxylic acids is 1. The zero-order chi connectivity index (χ0) is 19.4. The highest BCUT2D eigenvalue weighted by atomic mass is 32.2. The van der Waals surface area contributed by atoms with Crippen LogP contribution in [0, 0.1) is 0 Å². The topological polar surface area (TPSA) is 60.4 Å². The van der Waals surface area contributed by atoms with Crippen molar-refractivity contribution in [2.75, 3.05) is 26.3 Å². The number of amides is 1. The number of rotatable bonds is 5. The lowest BCUT2D eigenvalue weighted by atomic mass is 10.2. The molecule has 3 rings (SSSR count). The molecular weight excluding hydrogens is 364 g/mol. The Morgan fingerprint density at radius 2 is 1.85 bits per heavy atom. The van der Waals surface area contributed by atoms with Gasteiger partial charge in [-0.15, -0.1) is 0 Å². The first-order chi connectivity index (χ1) is 13.0. The van der Waals surface area contributed by atoms with Crippen LogP contribution in [0.3, 0.4) is 0 Å². The van der Waals surface area contributed by atoms with E-state index >= 15 is 0 Å². The average Bonchev–Trinajstić information content (AvgIpc) is 2.97. The third-order valence-corrected chi connectivity index (χ3v) is 5.21. The maximum absolute atomic E-state index is 12.4. The molecule has 2 atom stereocenters. The molecule has 1 fully saturated rings. The number of thioether (sulfide) groups is 1. The van der Waals surface area contributed by atoms with Gasteiger partial charge in [0, 0.05) is 13.1 Å². The molecule has 0 aromatic heterocycles. The van der Waals surface area contributed by atoms with E-state index in [1.54, 1.807) is 0 Å². The van der Waals surface area contributed by atoms with Gasteiger partial charge in [0.15, 0.2) is 16.7 Å². The van der Waals surface area contributed by atoms with Crippen LogP contribution < -0.4 is 9.47 Å². The molecule has 0 saturated carbocycles. The molecule has 1 aromatic rings. The molecule has 146 valence electrons. The first-order valence-corrected chi connectivity index (χ1v) is 10.1. The summed E-state index contributed by atoms with van der Waals surface area (Å²) in [6.45, 7) is 10.6. The van der Waals surface area contributed by atoms with Gasteiger partial charge in [-0.3, -0.25) is 4.79 Å². The highest BCUT2D eigenvalue weighted by molar-refractivity contribution is 8.18. The Labute approximate surface area is 164 Å². The lowest BCUT2D eigenvalue weighted by Gasteiger charge is -2.35. The predicted octanol–water partition coefficient (Wildman–Crippen LogP) is 3.56. The molecule has 1 saturated heterocycles. The minimum atomic E-state index is -0.200. The highest BCUT2D eigenvalue weighted by Gasteiger charge is 2.31. The molecule has 6 nitrogen and oxygen atoms in total. The Bertz CT molecular complexity index is 752. The van der Waals surface area contributed by atoms with Gasteiger partial charge in [-0.1, -0.05) is 6.07 Å². The van der Waals surface area contributed by atoms with Crippen LogP contribution in [0.1, 0.15) is 33.3 Å². The van der Waals surface area contributed by atoms with E-state index in [1.807, 2.05) is 52.0 Å². The summed E-state index contributed by atoms with van der Waals surface area (Å²) in [4.78, 5) is 19.4. The van der Waals surface area contributed by atoms with E-state index < -0.39 is 0 Å². The van der Waals surface area contributed by atoms with E-state index in [0.29, 0.717) is 29.6 Å². The minimum absolute atomic E-state index is 0.125. The molecule has 2 heterocycles. The summed E-state index contributed by atoms with van der Waals surface area (Å²) in [6, 6.07) is 5.69. The second kappa shape index (κ2) is 8.80. The number of hydrogen-bond acceptors (Lipinski definition) is 6. The number of nitrogens with zero attached hydrogens (tertiary/aromatic N) is 2. The van der Waals surface area contributed by atoms with Crippen LogP contribution in [-0.4, -0.2) is 54.5 Å². The van der Waals surface area contributed by atoms with Crippen molar-refractivity contribution in [3.8, 4) is 11.5 Å². The lowest BCUT2D eigenvalue weighted by molar-refractivity contribution is -0.113. The maximum atomic E-state index is 12.4. The highest BCUT2D eigenvalue weighted by Crippen LogP contribution is 2.34. The van der Waals surface area contributed by atoms with Crippen molar-refractivity contribution in [2.24, 2.45) is 4.99 Å². The molecule has 0 radical (unpaired) electrons. The summed E-state index contributed by atoms with van der Waals surface area (Å²) in [5, 5.41) is 0.754. The van der Waals surface area contributed by atoms with E-state index in [9.17, 15) is 4.79 Å². The minimum Gasteiger partial charge on any atom is -0.490 e. The Kier molecular flexibility index (Phi) is 6.44. The molecule has 0 spiro atoms. The summed E-state index contributed by atoms with van der Waals surface area (Å²) in [5.41, 5.74) is 0.887. The number of carbonyl (C=O) groups is 1. The molecular formula is C20H26N2O4S. The van der Waals surface area contributed by atoms with Crippen molar-refractivity contribution < 1.29 is 19.0 Å². The predicted molar refractivity (Wildman–Crippen MR) is 108 cm³/mol. The SMILES string of the molecule is CCOc1ccc(/C=C2/SC(N3CC(C)OC(C)C3)=NC2=O)cc1OCC. The Balaban J connectivity index is 1.76. The standard InChI is InChI=1S/C20H26N2O4S/c1-5-24-16-8-7-15(9-17(16)25-6-2)10-18-19(23)21-20(27-18)22-11-13(3)26-14(4)12-22/h7-10,13-14H,5-6,11-12H2,1-4H3/b18-10+. The number of ether oxygens (including phenoxy) is 3. The molecule has 7 heteroatoms. The normalized spacial score (nSPS) is 24.3. The molecule has 2 aliphatic rings. The Hall–Kier alpha value is -1.99. The first-order valence-electron chi connectivity index (χ1n) is 9.32. The molecule has 0 N–H and O–H groups in total. The van der Waals surface area contributed by atoms with Gasteiger partial charge in [0.2, 0.25) is 0 Å². The quantitative estimate of drug-likeness (QED) is 0.717. The van der Waals surface area contributed by atoms with Gasteiger partial charge in [0.25, 0.3) is 5.91 Å². The van der Waals surface area contributed by atoms with Crippen molar-refractivity contribution in [1.29, 1.82) is 0 Å². The Morgan fingerprint density at radius 3 is 2.52 bits per heavy atom. The summed E-state index contributed by atoms with van der Waals surface area (Å²) in [6.07, 6.45) is 2.11. The van der Waals surface area contributed by atoms with Gasteiger partial charge in [-0.2, -0.15) is 4.99 Å². The second-order valence-electron chi connectivity index (χ2n) is 6.54. The summed E-state index contributed by atoms with van der Waals surface area (Å²) >= 11 is 1.42. The fourth-order valence-corrected chi connectivity index (χ4v) is 4.11.